The first-order valence-corrected chi connectivity index (χ1v) is 12.8. The summed E-state index contributed by atoms with van der Waals surface area (Å²) in [6.07, 6.45) is 1.71. The molecule has 0 unspecified atom stereocenters. The van der Waals surface area contributed by atoms with Gasteiger partial charge in [0.05, 0.1) is 41.9 Å². The molecule has 212 valence electrons. The summed E-state index contributed by atoms with van der Waals surface area (Å²) < 4.78 is 36.2. The summed E-state index contributed by atoms with van der Waals surface area (Å²) in [5, 5.41) is 20.5. The van der Waals surface area contributed by atoms with Crippen LogP contribution in [0.1, 0.15) is 34.5 Å². The van der Waals surface area contributed by atoms with Crippen molar-refractivity contribution in [2.24, 2.45) is 0 Å². The van der Waals surface area contributed by atoms with Gasteiger partial charge in [-0.25, -0.2) is 13.8 Å². The van der Waals surface area contributed by atoms with Crippen molar-refractivity contribution >= 4 is 34.2 Å². The number of alkyl halides is 2. The summed E-state index contributed by atoms with van der Waals surface area (Å²) in [5.41, 5.74) is 4.59. The van der Waals surface area contributed by atoms with Gasteiger partial charge in [-0.15, -0.1) is 0 Å². The molecule has 41 heavy (non-hydrogen) atoms. The van der Waals surface area contributed by atoms with E-state index in [1.165, 1.54) is 34.2 Å². The van der Waals surface area contributed by atoms with Crippen LogP contribution in [0.3, 0.4) is 0 Å². The van der Waals surface area contributed by atoms with Crippen molar-refractivity contribution in [2.45, 2.75) is 32.7 Å². The van der Waals surface area contributed by atoms with Gasteiger partial charge in [-0.3, -0.25) is 18.9 Å². The number of carbonyl (C=O) groups is 2. The number of aromatic nitrogens is 5. The number of pyridine rings is 2. The van der Waals surface area contributed by atoms with Crippen molar-refractivity contribution in [1.82, 2.24) is 29.5 Å². The minimum Gasteiger partial charge on any atom is -0.530 e. The number of imidazole rings is 1. The van der Waals surface area contributed by atoms with Crippen molar-refractivity contribution in [3.05, 3.63) is 83.7 Å². The molecule has 11 nitrogen and oxygen atoms in total. The van der Waals surface area contributed by atoms with E-state index in [0.717, 1.165) is 28.0 Å². The molecule has 13 heteroatoms. The molecule has 0 saturated carbocycles. The number of anilines is 1. The molecule has 5 aromatic rings. The number of aryl methyl sites for hydroxylation is 2. The van der Waals surface area contributed by atoms with Gasteiger partial charge in [-0.2, -0.15) is 5.10 Å². The van der Waals surface area contributed by atoms with E-state index in [0.29, 0.717) is 24.3 Å². The number of carboxylic acid groups (broad SMARTS) is 1. The van der Waals surface area contributed by atoms with E-state index in [-0.39, 0.29) is 11.4 Å². The normalized spacial score (nSPS) is 11.6. The van der Waals surface area contributed by atoms with Gasteiger partial charge < -0.3 is 25.3 Å². The predicted octanol–water partition coefficient (Wildman–Crippen LogP) is 3.20. The van der Waals surface area contributed by atoms with E-state index in [2.05, 4.69) is 15.3 Å². The number of hydrogen-bond acceptors (Lipinski definition) is 7. The SMILES string of the molecule is CCc1nn(Cc2cccc(C)n2)c2cccc(NC(=O)c3cnc4cc(OCC(F)(F)CNC(=O)[O-])ccn34)c12. The minimum absolute atomic E-state index is 0.0797. The van der Waals surface area contributed by atoms with Gasteiger partial charge in [0.15, 0.2) is 6.61 Å². The number of halogens is 2. The Balaban J connectivity index is 1.35. The molecule has 2 amide bonds. The summed E-state index contributed by atoms with van der Waals surface area (Å²) in [6.45, 7) is 2.21. The lowest BCUT2D eigenvalue weighted by atomic mass is 10.1. The predicted molar refractivity (Wildman–Crippen MR) is 144 cm³/mol. The Kier molecular flexibility index (Phi) is 7.51. The van der Waals surface area contributed by atoms with Crippen LogP contribution in [-0.2, 0) is 13.0 Å². The molecule has 0 fully saturated rings. The maximum Gasteiger partial charge on any atom is 0.298 e. The van der Waals surface area contributed by atoms with Crippen LogP contribution in [0.5, 0.6) is 5.75 Å². The van der Waals surface area contributed by atoms with Crippen molar-refractivity contribution in [3.8, 4) is 5.75 Å². The zero-order chi connectivity index (χ0) is 29.1. The fraction of sp³-hybridized carbons (Fsp3) is 0.250. The van der Waals surface area contributed by atoms with E-state index in [9.17, 15) is 23.5 Å². The van der Waals surface area contributed by atoms with Gasteiger partial charge in [0.25, 0.3) is 11.8 Å². The van der Waals surface area contributed by atoms with E-state index in [4.69, 9.17) is 9.84 Å². The highest BCUT2D eigenvalue weighted by Gasteiger charge is 2.30. The summed E-state index contributed by atoms with van der Waals surface area (Å²) in [6, 6.07) is 14.2. The number of fused-ring (bicyclic) bond motifs is 2. The number of carbonyl (C=O) groups excluding carboxylic acids is 2. The molecule has 0 aliphatic rings. The zero-order valence-electron chi connectivity index (χ0n) is 22.2. The lowest BCUT2D eigenvalue weighted by Crippen LogP contribution is -2.45. The quantitative estimate of drug-likeness (QED) is 0.267. The Morgan fingerprint density at radius 2 is 1.95 bits per heavy atom. The molecule has 0 radical (unpaired) electrons. The Morgan fingerprint density at radius 1 is 1.15 bits per heavy atom. The first kappa shape index (κ1) is 27.5. The third-order valence-electron chi connectivity index (χ3n) is 6.35. The average Bonchev–Trinajstić information content (AvgIpc) is 3.53. The highest BCUT2D eigenvalue weighted by atomic mass is 19.3. The minimum atomic E-state index is -3.45. The number of amides is 2. The lowest BCUT2D eigenvalue weighted by Gasteiger charge is -2.18. The van der Waals surface area contributed by atoms with Crippen LogP contribution in [0, 0.1) is 6.92 Å². The molecule has 0 atom stereocenters. The smallest absolute Gasteiger partial charge is 0.298 e. The third-order valence-corrected chi connectivity index (χ3v) is 6.35. The molecule has 5 rings (SSSR count). The molecule has 0 bridgehead atoms. The van der Waals surface area contributed by atoms with Gasteiger partial charge in [0.2, 0.25) is 0 Å². The molecule has 4 heterocycles. The molecule has 0 saturated heterocycles. The van der Waals surface area contributed by atoms with Crippen LogP contribution in [0.25, 0.3) is 16.6 Å². The molecule has 0 aliphatic carbocycles. The Bertz CT molecular complexity index is 1750. The topological polar surface area (TPSA) is 138 Å². The third kappa shape index (κ3) is 6.08. The summed E-state index contributed by atoms with van der Waals surface area (Å²) in [5.74, 6) is -3.79. The largest absolute Gasteiger partial charge is 0.530 e. The molecule has 1 aromatic carbocycles. The van der Waals surface area contributed by atoms with Gasteiger partial charge in [-0.1, -0.05) is 19.1 Å². The van der Waals surface area contributed by atoms with Crippen LogP contribution in [0.2, 0.25) is 0 Å². The molecular formula is C28H26F2N7O4-. The van der Waals surface area contributed by atoms with Crippen LogP contribution in [0.15, 0.2) is 60.9 Å². The summed E-state index contributed by atoms with van der Waals surface area (Å²) >= 11 is 0. The van der Waals surface area contributed by atoms with E-state index in [1.54, 1.807) is 6.07 Å². The number of ether oxygens (including phenoxy) is 1. The van der Waals surface area contributed by atoms with E-state index < -0.39 is 31.1 Å². The second-order valence-corrected chi connectivity index (χ2v) is 9.40. The Morgan fingerprint density at radius 3 is 2.71 bits per heavy atom. The van der Waals surface area contributed by atoms with Gasteiger partial charge in [0, 0.05) is 23.3 Å². The lowest BCUT2D eigenvalue weighted by molar-refractivity contribution is -0.252. The highest BCUT2D eigenvalue weighted by molar-refractivity contribution is 6.08. The van der Waals surface area contributed by atoms with Crippen molar-refractivity contribution in [3.63, 3.8) is 0 Å². The monoisotopic (exact) mass is 562 g/mol. The number of benzene rings is 1. The molecular weight excluding hydrogens is 536 g/mol. The fourth-order valence-corrected chi connectivity index (χ4v) is 4.47. The summed E-state index contributed by atoms with van der Waals surface area (Å²) in [7, 11) is 0. The van der Waals surface area contributed by atoms with Crippen molar-refractivity contribution in [1.29, 1.82) is 0 Å². The van der Waals surface area contributed by atoms with E-state index >= 15 is 0 Å². The standard InChI is InChI=1S/C28H27F2N7O4/c1-3-20-25-21(8-5-9-22(25)37(35-20)14-18-7-4-6-17(2)33-18)34-26(38)23-13-31-24-12-19(10-11-36(23)24)41-16-28(29,30)15-32-27(39)40/h4-13,32H,3,14-16H2,1-2H3,(H,34,38)(H,39,40)/p-1. The Labute approximate surface area is 232 Å². The van der Waals surface area contributed by atoms with Gasteiger partial charge in [0.1, 0.15) is 23.2 Å². The first-order valence-electron chi connectivity index (χ1n) is 12.8. The van der Waals surface area contributed by atoms with E-state index in [1.807, 2.05) is 48.9 Å². The van der Waals surface area contributed by atoms with Crippen LogP contribution in [-0.4, -0.2) is 55.2 Å². The zero-order valence-corrected chi connectivity index (χ0v) is 22.2. The molecule has 0 aliphatic heterocycles. The van der Waals surface area contributed by atoms with Crippen LogP contribution >= 0.6 is 0 Å². The maximum atomic E-state index is 13.8. The molecule has 2 N–H and O–H groups in total. The van der Waals surface area contributed by atoms with Gasteiger partial charge >= 0.3 is 0 Å². The number of rotatable bonds is 10. The van der Waals surface area contributed by atoms with Crippen LogP contribution in [0.4, 0.5) is 19.3 Å². The molecule has 0 spiro atoms. The number of nitrogens with zero attached hydrogens (tertiary/aromatic N) is 5. The first-order chi connectivity index (χ1) is 19.6. The fourth-order valence-electron chi connectivity index (χ4n) is 4.47. The maximum absolute atomic E-state index is 13.8. The molecule has 4 aromatic heterocycles. The highest BCUT2D eigenvalue weighted by Crippen LogP contribution is 2.29. The Hall–Kier alpha value is -5.07. The second-order valence-electron chi connectivity index (χ2n) is 9.40. The second kappa shape index (κ2) is 11.2. The van der Waals surface area contributed by atoms with Gasteiger partial charge in [-0.05, 0) is 43.7 Å². The summed E-state index contributed by atoms with van der Waals surface area (Å²) in [4.78, 5) is 32.5. The van der Waals surface area contributed by atoms with Crippen molar-refractivity contribution in [2.75, 3.05) is 18.5 Å². The van der Waals surface area contributed by atoms with Crippen molar-refractivity contribution < 1.29 is 28.2 Å². The van der Waals surface area contributed by atoms with Crippen LogP contribution < -0.4 is 20.5 Å². The number of hydrogen-bond donors (Lipinski definition) is 2. The number of nitrogens with one attached hydrogen (secondary N) is 2. The average molecular weight is 563 g/mol.